The number of fused-ring (bicyclic) bond motifs is 5. The minimum Gasteiger partial charge on any atom is -0.458 e. The highest BCUT2D eigenvalue weighted by molar-refractivity contribution is 5.68. The molecule has 3 fully saturated rings. The van der Waals surface area contributed by atoms with Gasteiger partial charge in [0.2, 0.25) is 0 Å². The fourth-order valence-corrected chi connectivity index (χ4v) is 7.08. The van der Waals surface area contributed by atoms with Crippen molar-refractivity contribution < 1.29 is 42.9 Å². The third kappa shape index (κ3) is 5.86. The molecule has 9 heteroatoms. The number of carbonyl (C=O) groups excluding carboxylic acids is 4. The van der Waals surface area contributed by atoms with Gasteiger partial charge in [-0.05, 0) is 56.9 Å². The molecule has 2 aliphatic heterocycles. The zero-order valence-corrected chi connectivity index (χ0v) is 23.3. The first-order valence-corrected chi connectivity index (χ1v) is 13.2. The van der Waals surface area contributed by atoms with Crippen LogP contribution in [0.15, 0.2) is 12.2 Å². The lowest BCUT2D eigenvalue weighted by atomic mass is 9.56. The molecule has 0 amide bonds. The summed E-state index contributed by atoms with van der Waals surface area (Å²) in [6, 6.07) is 0. The number of ether oxygens (including phenoxy) is 5. The van der Waals surface area contributed by atoms with Crippen LogP contribution >= 0.6 is 0 Å². The molecule has 0 N–H and O–H groups in total. The molecular formula is C28H42O9. The smallest absolute Gasteiger partial charge is 0.303 e. The molecule has 2 saturated heterocycles. The van der Waals surface area contributed by atoms with Crippen molar-refractivity contribution >= 4 is 23.9 Å². The topological polar surface area (TPSA) is 114 Å². The summed E-state index contributed by atoms with van der Waals surface area (Å²) in [5.74, 6) is -2.17. The fourth-order valence-electron chi connectivity index (χ4n) is 7.08. The van der Waals surface area contributed by atoms with E-state index in [-0.39, 0.29) is 17.8 Å². The molecule has 0 aromatic heterocycles. The van der Waals surface area contributed by atoms with E-state index in [4.69, 9.17) is 23.7 Å². The standard InChI is InChI=1S/C28H42O9/c1-14(2)20-13-23(34-17(5)30)28(9,37-19(7)32)25-22-12-15(3)21(33-16(4)29)10-11-27(8,36-18(6)31)26(35-22)24(20)25/h14,20-26H,3,10-13H2,1-2,4-9H3/t20-,21+,22-,23+,24-,25-,26-,27?,28-/m1/s1. The van der Waals surface area contributed by atoms with Gasteiger partial charge in [-0.3, -0.25) is 19.2 Å². The van der Waals surface area contributed by atoms with Crippen LogP contribution in [-0.4, -0.2) is 59.5 Å². The van der Waals surface area contributed by atoms with E-state index >= 15 is 0 Å². The van der Waals surface area contributed by atoms with E-state index in [2.05, 4.69) is 20.4 Å². The molecule has 1 aliphatic carbocycles. The Morgan fingerprint density at radius 2 is 1.54 bits per heavy atom. The molecule has 208 valence electrons. The van der Waals surface area contributed by atoms with Crippen LogP contribution in [0.3, 0.4) is 0 Å². The number of carbonyl (C=O) groups is 4. The highest BCUT2D eigenvalue weighted by Crippen LogP contribution is 2.59. The Labute approximate surface area is 219 Å². The third-order valence-electron chi connectivity index (χ3n) is 8.40. The van der Waals surface area contributed by atoms with Gasteiger partial charge in [0.05, 0.1) is 6.10 Å². The summed E-state index contributed by atoms with van der Waals surface area (Å²) < 4.78 is 30.2. The molecule has 37 heavy (non-hydrogen) atoms. The molecule has 0 spiro atoms. The van der Waals surface area contributed by atoms with Crippen molar-refractivity contribution in [1.82, 2.24) is 0 Å². The molecule has 1 unspecified atom stereocenters. The Morgan fingerprint density at radius 3 is 2.05 bits per heavy atom. The second-order valence-electron chi connectivity index (χ2n) is 11.6. The van der Waals surface area contributed by atoms with Crippen molar-refractivity contribution in [1.29, 1.82) is 0 Å². The maximum absolute atomic E-state index is 12.4. The predicted octanol–water partition coefficient (Wildman–Crippen LogP) is 3.91. The third-order valence-corrected chi connectivity index (χ3v) is 8.40. The zero-order chi connectivity index (χ0) is 27.9. The first kappa shape index (κ1) is 29.1. The predicted molar refractivity (Wildman–Crippen MR) is 133 cm³/mol. The summed E-state index contributed by atoms with van der Waals surface area (Å²) in [6.45, 7) is 17.5. The van der Waals surface area contributed by atoms with E-state index in [0.717, 1.165) is 0 Å². The van der Waals surface area contributed by atoms with Gasteiger partial charge in [0.1, 0.15) is 23.9 Å². The van der Waals surface area contributed by atoms with Crippen molar-refractivity contribution in [2.24, 2.45) is 23.7 Å². The Balaban J connectivity index is 2.20. The summed E-state index contributed by atoms with van der Waals surface area (Å²) in [6.07, 6.45) is -0.659. The average molecular weight is 523 g/mol. The van der Waals surface area contributed by atoms with Gasteiger partial charge in [0.25, 0.3) is 0 Å². The summed E-state index contributed by atoms with van der Waals surface area (Å²) >= 11 is 0. The van der Waals surface area contributed by atoms with Crippen molar-refractivity contribution in [3.63, 3.8) is 0 Å². The molecule has 2 bridgehead atoms. The van der Waals surface area contributed by atoms with Crippen LogP contribution in [-0.2, 0) is 42.9 Å². The molecule has 0 radical (unpaired) electrons. The van der Waals surface area contributed by atoms with Crippen molar-refractivity contribution in [2.75, 3.05) is 0 Å². The van der Waals surface area contributed by atoms with Crippen LogP contribution in [0.4, 0.5) is 0 Å². The number of hydrogen-bond acceptors (Lipinski definition) is 9. The Kier molecular flexibility index (Phi) is 8.47. The van der Waals surface area contributed by atoms with Crippen molar-refractivity contribution in [3.8, 4) is 0 Å². The Hall–Kier alpha value is -2.42. The summed E-state index contributed by atoms with van der Waals surface area (Å²) in [5.41, 5.74) is -1.56. The van der Waals surface area contributed by atoms with E-state index in [1.807, 2.05) is 6.92 Å². The van der Waals surface area contributed by atoms with Gasteiger partial charge in [-0.25, -0.2) is 0 Å². The van der Waals surface area contributed by atoms with Crippen LogP contribution in [0.5, 0.6) is 0 Å². The van der Waals surface area contributed by atoms with E-state index in [1.165, 1.54) is 27.7 Å². The SMILES string of the molecule is C=C1C[C@H]2O[C@H]([C@H]3[C@@H]2[C@](C)(OC(C)=O)[C@@H](OC(C)=O)C[C@@H]3C(C)C)C(C)(OC(C)=O)CC[C@@H]1OC(C)=O. The lowest BCUT2D eigenvalue weighted by Gasteiger charge is -2.53. The Bertz CT molecular complexity index is 942. The molecule has 0 aromatic carbocycles. The summed E-state index contributed by atoms with van der Waals surface area (Å²) in [5, 5.41) is 0. The van der Waals surface area contributed by atoms with Gasteiger partial charge < -0.3 is 23.7 Å². The molecule has 9 atom stereocenters. The Morgan fingerprint density at radius 1 is 0.946 bits per heavy atom. The molecule has 3 aliphatic rings. The largest absolute Gasteiger partial charge is 0.458 e. The van der Waals surface area contributed by atoms with E-state index in [9.17, 15) is 19.2 Å². The van der Waals surface area contributed by atoms with E-state index < -0.39 is 65.4 Å². The van der Waals surface area contributed by atoms with Crippen molar-refractivity contribution in [3.05, 3.63) is 12.2 Å². The van der Waals surface area contributed by atoms with Gasteiger partial charge in [-0.2, -0.15) is 0 Å². The first-order valence-electron chi connectivity index (χ1n) is 13.2. The molecule has 1 saturated carbocycles. The fraction of sp³-hybridized carbons (Fsp3) is 0.786. The first-order chi connectivity index (χ1) is 17.1. The number of hydrogen-bond donors (Lipinski definition) is 0. The second-order valence-corrected chi connectivity index (χ2v) is 11.6. The van der Waals surface area contributed by atoms with E-state index in [1.54, 1.807) is 6.92 Å². The lowest BCUT2D eigenvalue weighted by Crippen LogP contribution is -2.63. The zero-order valence-electron chi connectivity index (χ0n) is 23.3. The lowest BCUT2D eigenvalue weighted by molar-refractivity contribution is -0.216. The number of rotatable bonds is 5. The number of esters is 4. The molecular weight excluding hydrogens is 480 g/mol. The van der Waals surface area contributed by atoms with Gasteiger partial charge in [-0.15, -0.1) is 0 Å². The summed E-state index contributed by atoms with van der Waals surface area (Å²) in [7, 11) is 0. The van der Waals surface area contributed by atoms with Gasteiger partial charge >= 0.3 is 23.9 Å². The van der Waals surface area contributed by atoms with Crippen LogP contribution in [0, 0.1) is 23.7 Å². The van der Waals surface area contributed by atoms with Gasteiger partial charge in [0, 0.05) is 39.5 Å². The molecule has 3 rings (SSSR count). The maximum atomic E-state index is 12.4. The van der Waals surface area contributed by atoms with Gasteiger partial charge in [-0.1, -0.05) is 20.4 Å². The van der Waals surface area contributed by atoms with Crippen LogP contribution in [0.2, 0.25) is 0 Å². The second kappa shape index (κ2) is 10.8. The minimum absolute atomic E-state index is 0.0276. The monoisotopic (exact) mass is 522 g/mol. The molecule has 0 aromatic rings. The average Bonchev–Trinajstić information content (AvgIpc) is 3.13. The van der Waals surface area contributed by atoms with Gasteiger partial charge in [0.15, 0.2) is 5.60 Å². The van der Waals surface area contributed by atoms with Crippen LogP contribution < -0.4 is 0 Å². The normalized spacial score (nSPS) is 39.5. The van der Waals surface area contributed by atoms with E-state index in [0.29, 0.717) is 31.3 Å². The quantitative estimate of drug-likeness (QED) is 0.301. The summed E-state index contributed by atoms with van der Waals surface area (Å²) in [4.78, 5) is 48.7. The van der Waals surface area contributed by atoms with Crippen LogP contribution in [0.25, 0.3) is 0 Å². The minimum atomic E-state index is -1.19. The highest BCUT2D eigenvalue weighted by atomic mass is 16.6. The molecule has 9 nitrogen and oxygen atoms in total. The van der Waals surface area contributed by atoms with Crippen LogP contribution in [0.1, 0.15) is 81.1 Å². The highest BCUT2D eigenvalue weighted by Gasteiger charge is 2.67. The maximum Gasteiger partial charge on any atom is 0.303 e. The molecule has 2 heterocycles. The van der Waals surface area contributed by atoms with Crippen molar-refractivity contribution in [2.45, 2.75) is 117 Å².